The topological polar surface area (TPSA) is 58.1 Å². The number of carbonyl (C=O) groups excluding carboxylic acids is 1. The highest BCUT2D eigenvalue weighted by Gasteiger charge is 2.26. The Kier molecular flexibility index (Phi) is 5.53. The number of amides is 1. The van der Waals surface area contributed by atoms with E-state index in [4.69, 9.17) is 11.6 Å². The molecular weight excluding hydrogens is 336 g/mol. The maximum absolute atomic E-state index is 13.1. The van der Waals surface area contributed by atoms with Crippen LogP contribution in [0.3, 0.4) is 0 Å². The molecule has 0 spiro atoms. The van der Waals surface area contributed by atoms with E-state index in [1.54, 1.807) is 18.5 Å². The van der Waals surface area contributed by atoms with Gasteiger partial charge in [0.2, 0.25) is 0 Å². The van der Waals surface area contributed by atoms with Crippen molar-refractivity contribution in [1.82, 2.24) is 14.9 Å². The van der Waals surface area contributed by atoms with Crippen LogP contribution in [-0.2, 0) is 0 Å². The number of likely N-dealkylation sites (tertiary alicyclic amines) is 1. The molecule has 3 heterocycles. The molecule has 0 aliphatic carbocycles. The van der Waals surface area contributed by atoms with Gasteiger partial charge in [-0.15, -0.1) is 0 Å². The van der Waals surface area contributed by atoms with Gasteiger partial charge in [0, 0.05) is 25.0 Å². The number of hydrogen-bond acceptors (Lipinski definition) is 4. The molecular formula is C19H23ClN4O. The molecule has 6 heteroatoms. The molecule has 0 saturated carbocycles. The number of piperidine rings is 1. The minimum atomic E-state index is -0.0179. The van der Waals surface area contributed by atoms with E-state index in [0.29, 0.717) is 22.3 Å². The van der Waals surface area contributed by atoms with Crippen molar-refractivity contribution in [2.75, 3.05) is 18.4 Å². The first-order chi connectivity index (χ1) is 12.1. The second-order valence-electron chi connectivity index (χ2n) is 6.53. The average molecular weight is 359 g/mol. The molecule has 1 N–H and O–H groups in total. The minimum absolute atomic E-state index is 0.0179. The fraction of sp³-hybridized carbons (Fsp3) is 0.421. The van der Waals surface area contributed by atoms with Crippen LogP contribution in [0.5, 0.6) is 0 Å². The fourth-order valence-corrected chi connectivity index (χ4v) is 3.29. The summed E-state index contributed by atoms with van der Waals surface area (Å²) in [7, 11) is 0. The van der Waals surface area contributed by atoms with Crippen LogP contribution in [0.1, 0.15) is 42.2 Å². The van der Waals surface area contributed by atoms with Crippen molar-refractivity contribution in [2.45, 2.75) is 33.1 Å². The maximum Gasteiger partial charge on any atom is 0.257 e. The van der Waals surface area contributed by atoms with Crippen molar-refractivity contribution in [1.29, 1.82) is 0 Å². The first-order valence-electron chi connectivity index (χ1n) is 8.71. The zero-order valence-corrected chi connectivity index (χ0v) is 15.4. The van der Waals surface area contributed by atoms with Crippen molar-refractivity contribution >= 4 is 29.0 Å². The van der Waals surface area contributed by atoms with Gasteiger partial charge in [0.05, 0.1) is 22.5 Å². The number of aryl methyl sites for hydroxylation is 1. The normalized spacial score (nSPS) is 17.4. The Balaban J connectivity index is 1.85. The van der Waals surface area contributed by atoms with Gasteiger partial charge < -0.3 is 10.2 Å². The molecule has 132 valence electrons. The highest BCUT2D eigenvalue weighted by atomic mass is 35.5. The largest absolute Gasteiger partial charge is 0.338 e. The lowest BCUT2D eigenvalue weighted by Gasteiger charge is -2.32. The highest BCUT2D eigenvalue weighted by molar-refractivity contribution is 6.31. The molecule has 0 aromatic carbocycles. The third-order valence-corrected chi connectivity index (χ3v) is 4.85. The van der Waals surface area contributed by atoms with E-state index >= 15 is 0 Å². The molecule has 0 unspecified atom stereocenters. The Bertz CT molecular complexity index is 748. The quantitative estimate of drug-likeness (QED) is 0.877. The van der Waals surface area contributed by atoms with Gasteiger partial charge in [-0.25, -0.2) is 4.98 Å². The van der Waals surface area contributed by atoms with Crippen LogP contribution >= 0.6 is 11.6 Å². The Morgan fingerprint density at radius 2 is 2.20 bits per heavy atom. The second-order valence-corrected chi connectivity index (χ2v) is 6.97. The molecule has 1 saturated heterocycles. The number of nitrogens with zero attached hydrogens (tertiary/aromatic N) is 3. The van der Waals surface area contributed by atoms with Crippen LogP contribution in [0, 0.1) is 12.8 Å². The zero-order valence-electron chi connectivity index (χ0n) is 14.6. The lowest BCUT2D eigenvalue weighted by Crippen LogP contribution is -2.40. The van der Waals surface area contributed by atoms with E-state index < -0.39 is 0 Å². The molecule has 5 nitrogen and oxygen atoms in total. The summed E-state index contributed by atoms with van der Waals surface area (Å²) in [5.74, 6) is 1.07. The molecule has 0 radical (unpaired) electrons. The Labute approximate surface area is 153 Å². The summed E-state index contributed by atoms with van der Waals surface area (Å²) in [5.41, 5.74) is 2.23. The van der Waals surface area contributed by atoms with E-state index in [1.807, 2.05) is 24.0 Å². The van der Waals surface area contributed by atoms with Crippen LogP contribution in [-0.4, -0.2) is 33.9 Å². The van der Waals surface area contributed by atoms with Crippen LogP contribution in [0.15, 0.2) is 30.6 Å². The lowest BCUT2D eigenvalue weighted by molar-refractivity contribution is 0.0672. The molecule has 25 heavy (non-hydrogen) atoms. The predicted molar refractivity (Wildman–Crippen MR) is 100 cm³/mol. The molecule has 1 aliphatic rings. The molecule has 3 rings (SSSR count). The summed E-state index contributed by atoms with van der Waals surface area (Å²) >= 11 is 6.11. The number of rotatable bonds is 4. The van der Waals surface area contributed by atoms with Crippen LogP contribution in [0.2, 0.25) is 5.02 Å². The number of anilines is 2. The first kappa shape index (κ1) is 17.7. The van der Waals surface area contributed by atoms with Crippen molar-refractivity contribution < 1.29 is 4.79 Å². The Morgan fingerprint density at radius 1 is 1.36 bits per heavy atom. The number of pyridine rings is 2. The molecule has 1 amide bonds. The Hall–Kier alpha value is -2.14. The third kappa shape index (κ3) is 4.28. The number of aromatic nitrogens is 2. The number of hydrogen-bond donors (Lipinski definition) is 1. The summed E-state index contributed by atoms with van der Waals surface area (Å²) < 4.78 is 0. The van der Waals surface area contributed by atoms with Gasteiger partial charge >= 0.3 is 0 Å². The molecule has 1 fully saturated rings. The van der Waals surface area contributed by atoms with Gasteiger partial charge in [-0.05, 0) is 43.9 Å². The van der Waals surface area contributed by atoms with E-state index in [9.17, 15) is 4.79 Å². The van der Waals surface area contributed by atoms with Crippen molar-refractivity contribution in [3.63, 3.8) is 0 Å². The fourth-order valence-electron chi connectivity index (χ4n) is 3.13. The molecule has 2 aromatic rings. The molecule has 1 atom stereocenters. The van der Waals surface area contributed by atoms with E-state index in [0.717, 1.165) is 37.3 Å². The van der Waals surface area contributed by atoms with Crippen molar-refractivity contribution in [2.24, 2.45) is 5.92 Å². The van der Waals surface area contributed by atoms with Gasteiger partial charge in [-0.1, -0.05) is 24.9 Å². The van der Waals surface area contributed by atoms with Gasteiger partial charge in [-0.3, -0.25) is 9.78 Å². The maximum atomic E-state index is 13.1. The summed E-state index contributed by atoms with van der Waals surface area (Å²) in [6.07, 6.45) is 6.61. The summed E-state index contributed by atoms with van der Waals surface area (Å²) in [5, 5.41) is 3.65. The SMILES string of the molecule is CC[C@H]1CCCN(C(=O)c2cc(Cl)cnc2Nc2ccc(C)nc2)C1. The minimum Gasteiger partial charge on any atom is -0.338 e. The monoisotopic (exact) mass is 358 g/mol. The zero-order chi connectivity index (χ0) is 17.8. The lowest BCUT2D eigenvalue weighted by atomic mass is 9.95. The van der Waals surface area contributed by atoms with E-state index in [1.165, 1.54) is 6.42 Å². The van der Waals surface area contributed by atoms with Gasteiger partial charge in [0.15, 0.2) is 0 Å². The number of carbonyl (C=O) groups is 1. The number of nitrogens with one attached hydrogen (secondary N) is 1. The molecule has 1 aliphatic heterocycles. The summed E-state index contributed by atoms with van der Waals surface area (Å²) in [6, 6.07) is 5.52. The Morgan fingerprint density at radius 3 is 2.92 bits per heavy atom. The molecule has 0 bridgehead atoms. The summed E-state index contributed by atoms with van der Waals surface area (Å²) in [6.45, 7) is 5.69. The van der Waals surface area contributed by atoms with Crippen LogP contribution in [0.25, 0.3) is 0 Å². The van der Waals surface area contributed by atoms with Crippen molar-refractivity contribution in [3.8, 4) is 0 Å². The van der Waals surface area contributed by atoms with Crippen LogP contribution < -0.4 is 5.32 Å². The van der Waals surface area contributed by atoms with E-state index in [-0.39, 0.29) is 5.91 Å². The standard InChI is InChI=1S/C19H23ClN4O/c1-3-14-5-4-8-24(12-14)19(25)17-9-15(20)10-22-18(17)23-16-7-6-13(2)21-11-16/h6-7,9-11,14H,3-5,8,12H2,1-2H3,(H,22,23)/t14-/m0/s1. The first-order valence-corrected chi connectivity index (χ1v) is 9.09. The van der Waals surface area contributed by atoms with Gasteiger partial charge in [0.25, 0.3) is 5.91 Å². The van der Waals surface area contributed by atoms with Gasteiger partial charge in [0.1, 0.15) is 5.82 Å². The average Bonchev–Trinajstić information content (AvgIpc) is 2.64. The van der Waals surface area contributed by atoms with E-state index in [2.05, 4.69) is 22.2 Å². The predicted octanol–water partition coefficient (Wildman–Crippen LogP) is 4.44. The highest BCUT2D eigenvalue weighted by Crippen LogP contribution is 2.26. The molecule has 2 aromatic heterocycles. The van der Waals surface area contributed by atoms with Gasteiger partial charge in [-0.2, -0.15) is 0 Å². The summed E-state index contributed by atoms with van der Waals surface area (Å²) in [4.78, 5) is 23.6. The number of halogens is 1. The van der Waals surface area contributed by atoms with Crippen LogP contribution in [0.4, 0.5) is 11.5 Å². The van der Waals surface area contributed by atoms with Crippen molar-refractivity contribution in [3.05, 3.63) is 46.9 Å². The smallest absolute Gasteiger partial charge is 0.257 e. The third-order valence-electron chi connectivity index (χ3n) is 4.64. The second kappa shape index (κ2) is 7.83.